The molecule has 16 heavy (non-hydrogen) atoms. The minimum Gasteiger partial charge on any atom is -0.478 e. The van der Waals surface area contributed by atoms with Gasteiger partial charge < -0.3 is 10.0 Å². The highest BCUT2D eigenvalue weighted by Gasteiger charge is 1.97. The smallest absolute Gasteiger partial charge is 0.337 e. The summed E-state index contributed by atoms with van der Waals surface area (Å²) in [6, 6.07) is 3.08. The van der Waals surface area contributed by atoms with Crippen LogP contribution in [0.2, 0.25) is 0 Å². The quantitative estimate of drug-likeness (QED) is 0.851. The summed E-state index contributed by atoms with van der Waals surface area (Å²) in [6.45, 7) is 10.1. The van der Waals surface area contributed by atoms with Crippen molar-refractivity contribution in [3.05, 3.63) is 30.1 Å². The van der Waals surface area contributed by atoms with Crippen molar-refractivity contribution in [3.63, 3.8) is 0 Å². The van der Waals surface area contributed by atoms with Crippen LogP contribution in [0.25, 0.3) is 0 Å². The Kier molecular flexibility index (Phi) is 8.07. The summed E-state index contributed by atoms with van der Waals surface area (Å²) in [6.07, 6.45) is 2.84. The van der Waals surface area contributed by atoms with E-state index in [2.05, 4.69) is 30.7 Å². The van der Waals surface area contributed by atoms with E-state index >= 15 is 0 Å². The first-order valence-corrected chi connectivity index (χ1v) is 5.51. The number of nitrogens with zero attached hydrogens (tertiary/aromatic N) is 2. The van der Waals surface area contributed by atoms with Crippen molar-refractivity contribution in [2.24, 2.45) is 0 Å². The van der Waals surface area contributed by atoms with Gasteiger partial charge >= 0.3 is 5.97 Å². The maximum atomic E-state index is 10.2. The Hall–Kier alpha value is -1.42. The standard InChI is InChI=1S/C6H5NO2.C6H15N/c8-6(9)5-2-1-3-7-4-5;1-4-7(5-2)6-3/h1-4H,(H,8,9);4-6H2,1-3H3. The number of aromatic carboxylic acids is 1. The molecule has 0 spiro atoms. The lowest BCUT2D eigenvalue weighted by molar-refractivity contribution is 0.0696. The molecule has 0 radical (unpaired) electrons. The molecular weight excluding hydrogens is 204 g/mol. The van der Waals surface area contributed by atoms with Gasteiger partial charge in [0, 0.05) is 12.4 Å². The van der Waals surface area contributed by atoms with Crippen molar-refractivity contribution in [2.45, 2.75) is 20.8 Å². The Morgan fingerprint density at radius 3 is 2.06 bits per heavy atom. The molecule has 0 saturated carbocycles. The number of carboxylic acids is 1. The van der Waals surface area contributed by atoms with Crippen LogP contribution in [0, 0.1) is 0 Å². The summed E-state index contributed by atoms with van der Waals surface area (Å²) in [5.74, 6) is -0.942. The van der Waals surface area contributed by atoms with E-state index in [4.69, 9.17) is 5.11 Å². The second-order valence-corrected chi connectivity index (χ2v) is 3.17. The molecular formula is C12H20N2O2. The minimum atomic E-state index is -0.942. The molecule has 4 nitrogen and oxygen atoms in total. The number of aromatic nitrogens is 1. The molecule has 0 aliphatic heterocycles. The lowest BCUT2D eigenvalue weighted by Gasteiger charge is -2.13. The third-order valence-corrected chi connectivity index (χ3v) is 2.25. The van der Waals surface area contributed by atoms with Crippen molar-refractivity contribution in [3.8, 4) is 0 Å². The fraction of sp³-hybridized carbons (Fsp3) is 0.500. The highest BCUT2D eigenvalue weighted by atomic mass is 16.4. The summed E-state index contributed by atoms with van der Waals surface area (Å²) >= 11 is 0. The van der Waals surface area contributed by atoms with Crippen LogP contribution in [0.1, 0.15) is 31.1 Å². The molecule has 1 heterocycles. The van der Waals surface area contributed by atoms with Gasteiger partial charge in [0.25, 0.3) is 0 Å². The maximum absolute atomic E-state index is 10.2. The Labute approximate surface area is 96.9 Å². The molecule has 0 unspecified atom stereocenters. The van der Waals surface area contributed by atoms with E-state index in [-0.39, 0.29) is 5.56 Å². The van der Waals surface area contributed by atoms with Crippen LogP contribution < -0.4 is 0 Å². The monoisotopic (exact) mass is 224 g/mol. The molecule has 0 aromatic carbocycles. The maximum Gasteiger partial charge on any atom is 0.337 e. The molecule has 1 aromatic heterocycles. The molecule has 0 aliphatic rings. The molecule has 0 amide bonds. The van der Waals surface area contributed by atoms with Gasteiger partial charge in [-0.3, -0.25) is 4.98 Å². The molecule has 0 fully saturated rings. The van der Waals surface area contributed by atoms with Gasteiger partial charge in [0.15, 0.2) is 0 Å². The van der Waals surface area contributed by atoms with Crippen LogP contribution in [0.3, 0.4) is 0 Å². The molecule has 1 N–H and O–H groups in total. The first-order valence-electron chi connectivity index (χ1n) is 5.51. The summed E-state index contributed by atoms with van der Waals surface area (Å²) in [5, 5.41) is 8.34. The second-order valence-electron chi connectivity index (χ2n) is 3.17. The van der Waals surface area contributed by atoms with Gasteiger partial charge in [0.2, 0.25) is 0 Å². The van der Waals surface area contributed by atoms with E-state index < -0.39 is 5.97 Å². The fourth-order valence-corrected chi connectivity index (χ4v) is 1.16. The van der Waals surface area contributed by atoms with Crippen LogP contribution in [-0.2, 0) is 0 Å². The van der Waals surface area contributed by atoms with Crippen molar-refractivity contribution in [1.29, 1.82) is 0 Å². The Morgan fingerprint density at radius 2 is 1.88 bits per heavy atom. The first-order chi connectivity index (χ1) is 7.65. The largest absolute Gasteiger partial charge is 0.478 e. The predicted molar refractivity (Wildman–Crippen MR) is 64.7 cm³/mol. The zero-order valence-corrected chi connectivity index (χ0v) is 10.2. The van der Waals surface area contributed by atoms with Gasteiger partial charge in [-0.2, -0.15) is 0 Å². The zero-order valence-electron chi connectivity index (χ0n) is 10.2. The minimum absolute atomic E-state index is 0.220. The number of hydrogen-bond acceptors (Lipinski definition) is 3. The van der Waals surface area contributed by atoms with E-state index in [1.54, 1.807) is 6.07 Å². The van der Waals surface area contributed by atoms with Crippen molar-refractivity contribution in [2.75, 3.05) is 19.6 Å². The molecule has 90 valence electrons. The Morgan fingerprint density at radius 1 is 1.31 bits per heavy atom. The SMILES string of the molecule is CCN(CC)CC.O=C(O)c1cccnc1. The van der Waals surface area contributed by atoms with E-state index in [0.717, 1.165) is 0 Å². The molecule has 0 bridgehead atoms. The lowest BCUT2D eigenvalue weighted by Crippen LogP contribution is -2.21. The summed E-state index contributed by atoms with van der Waals surface area (Å²) in [7, 11) is 0. The molecule has 1 aromatic rings. The highest BCUT2D eigenvalue weighted by molar-refractivity contribution is 5.86. The fourth-order valence-electron chi connectivity index (χ4n) is 1.16. The van der Waals surface area contributed by atoms with Crippen LogP contribution >= 0.6 is 0 Å². The van der Waals surface area contributed by atoms with Gasteiger partial charge in [0.1, 0.15) is 0 Å². The molecule has 0 aliphatic carbocycles. The average Bonchev–Trinajstić information content (AvgIpc) is 2.33. The number of pyridine rings is 1. The Balaban J connectivity index is 0.000000293. The van der Waals surface area contributed by atoms with Crippen LogP contribution in [0.4, 0.5) is 0 Å². The topological polar surface area (TPSA) is 53.4 Å². The van der Waals surface area contributed by atoms with Crippen LogP contribution in [-0.4, -0.2) is 40.6 Å². The normalized spacial score (nSPS) is 9.50. The van der Waals surface area contributed by atoms with Gasteiger partial charge in [-0.05, 0) is 31.8 Å². The van der Waals surface area contributed by atoms with Crippen molar-refractivity contribution < 1.29 is 9.90 Å². The molecule has 0 atom stereocenters. The number of carbonyl (C=O) groups is 1. The van der Waals surface area contributed by atoms with Gasteiger partial charge in [0.05, 0.1) is 5.56 Å². The molecule has 0 saturated heterocycles. The van der Waals surface area contributed by atoms with Gasteiger partial charge in [-0.25, -0.2) is 4.79 Å². The number of carboxylic acid groups (broad SMARTS) is 1. The third-order valence-electron chi connectivity index (χ3n) is 2.25. The van der Waals surface area contributed by atoms with Gasteiger partial charge in [-0.1, -0.05) is 20.8 Å². The summed E-state index contributed by atoms with van der Waals surface area (Å²) in [4.78, 5) is 16.2. The highest BCUT2D eigenvalue weighted by Crippen LogP contribution is 1.92. The number of rotatable bonds is 4. The first kappa shape index (κ1) is 14.6. The van der Waals surface area contributed by atoms with E-state index in [1.807, 2.05) is 0 Å². The van der Waals surface area contributed by atoms with E-state index in [9.17, 15) is 4.79 Å². The lowest BCUT2D eigenvalue weighted by atomic mass is 10.3. The average molecular weight is 224 g/mol. The van der Waals surface area contributed by atoms with Crippen molar-refractivity contribution >= 4 is 5.97 Å². The molecule has 4 heteroatoms. The predicted octanol–water partition coefficient (Wildman–Crippen LogP) is 2.13. The van der Waals surface area contributed by atoms with Gasteiger partial charge in [-0.15, -0.1) is 0 Å². The third kappa shape index (κ3) is 6.14. The molecule has 1 rings (SSSR count). The van der Waals surface area contributed by atoms with Crippen molar-refractivity contribution in [1.82, 2.24) is 9.88 Å². The summed E-state index contributed by atoms with van der Waals surface area (Å²) < 4.78 is 0. The van der Waals surface area contributed by atoms with E-state index in [0.29, 0.717) is 0 Å². The van der Waals surface area contributed by atoms with Crippen LogP contribution in [0.15, 0.2) is 24.5 Å². The van der Waals surface area contributed by atoms with Crippen LogP contribution in [0.5, 0.6) is 0 Å². The van der Waals surface area contributed by atoms with E-state index in [1.165, 1.54) is 38.1 Å². The Bertz CT molecular complexity index is 279. The summed E-state index contributed by atoms with van der Waals surface area (Å²) in [5.41, 5.74) is 0.220. The zero-order chi connectivity index (χ0) is 12.4. The number of hydrogen-bond donors (Lipinski definition) is 1. The second kappa shape index (κ2) is 8.85.